The molecule has 0 aliphatic rings. The van der Waals surface area contributed by atoms with Gasteiger partial charge in [-0.1, -0.05) is 29.8 Å². The minimum absolute atomic E-state index is 0.0478. The molecule has 1 atom stereocenters. The van der Waals surface area contributed by atoms with E-state index in [2.05, 4.69) is 11.4 Å². The lowest BCUT2D eigenvalue weighted by molar-refractivity contribution is -0.384. The lowest BCUT2D eigenvalue weighted by atomic mass is 10.00. The van der Waals surface area contributed by atoms with Crippen molar-refractivity contribution in [2.75, 3.05) is 17.1 Å². The quantitative estimate of drug-likeness (QED) is 0.462. The molecular formula is C22H29N3O5S. The van der Waals surface area contributed by atoms with E-state index in [0.29, 0.717) is 5.56 Å². The Kier molecular flexibility index (Phi) is 7.78. The van der Waals surface area contributed by atoms with Gasteiger partial charge in [-0.25, -0.2) is 8.42 Å². The van der Waals surface area contributed by atoms with Crippen LogP contribution in [-0.4, -0.2) is 32.0 Å². The van der Waals surface area contributed by atoms with Crippen LogP contribution in [0.2, 0.25) is 0 Å². The van der Waals surface area contributed by atoms with Crippen molar-refractivity contribution in [2.24, 2.45) is 0 Å². The highest BCUT2D eigenvalue weighted by Crippen LogP contribution is 2.28. The second-order valence-corrected chi connectivity index (χ2v) is 9.72. The van der Waals surface area contributed by atoms with Gasteiger partial charge in [-0.3, -0.25) is 19.2 Å². The molecule has 0 aliphatic heterocycles. The number of nitro groups is 1. The summed E-state index contributed by atoms with van der Waals surface area (Å²) in [5.74, 6) is -0.184. The van der Waals surface area contributed by atoms with E-state index >= 15 is 0 Å². The molecule has 0 bridgehead atoms. The van der Waals surface area contributed by atoms with Crippen LogP contribution in [0.1, 0.15) is 48.1 Å². The molecule has 9 heteroatoms. The van der Waals surface area contributed by atoms with Gasteiger partial charge in [-0.2, -0.15) is 0 Å². The number of sulfonamides is 1. The van der Waals surface area contributed by atoms with E-state index in [1.807, 2.05) is 32.9 Å². The monoisotopic (exact) mass is 447 g/mol. The van der Waals surface area contributed by atoms with E-state index in [0.717, 1.165) is 27.3 Å². The average Bonchev–Trinajstić information content (AvgIpc) is 2.64. The van der Waals surface area contributed by atoms with Crippen molar-refractivity contribution in [3.63, 3.8) is 0 Å². The van der Waals surface area contributed by atoms with Crippen molar-refractivity contribution >= 4 is 27.3 Å². The number of carbonyl (C=O) groups excluding carboxylic acids is 1. The van der Waals surface area contributed by atoms with Crippen molar-refractivity contribution in [3.8, 4) is 0 Å². The molecule has 1 N–H and O–H groups in total. The lowest BCUT2D eigenvalue weighted by Gasteiger charge is -2.24. The van der Waals surface area contributed by atoms with Gasteiger partial charge in [0.05, 0.1) is 22.9 Å². The van der Waals surface area contributed by atoms with E-state index in [1.165, 1.54) is 18.2 Å². The van der Waals surface area contributed by atoms with E-state index in [4.69, 9.17) is 0 Å². The summed E-state index contributed by atoms with van der Waals surface area (Å²) in [6.45, 7) is 7.65. The predicted octanol–water partition coefficient (Wildman–Crippen LogP) is 3.94. The average molecular weight is 448 g/mol. The second kappa shape index (κ2) is 9.91. The maximum absolute atomic E-state index is 12.4. The summed E-state index contributed by atoms with van der Waals surface area (Å²) in [6.07, 6.45) is 1.46. The zero-order valence-corrected chi connectivity index (χ0v) is 19.3. The number of anilines is 1. The van der Waals surface area contributed by atoms with Gasteiger partial charge in [-0.05, 0) is 50.8 Å². The maximum Gasteiger partial charge on any atom is 0.271 e. The van der Waals surface area contributed by atoms with E-state index in [9.17, 15) is 23.3 Å². The Balaban J connectivity index is 2.06. The third-order valence-electron chi connectivity index (χ3n) is 5.11. The number of nitrogens with zero attached hydrogens (tertiary/aromatic N) is 2. The Morgan fingerprint density at radius 2 is 1.81 bits per heavy atom. The van der Waals surface area contributed by atoms with Crippen LogP contribution in [0.4, 0.5) is 11.4 Å². The molecule has 0 unspecified atom stereocenters. The number of benzene rings is 2. The largest absolute Gasteiger partial charge is 0.350 e. The molecule has 0 saturated carbocycles. The Labute approximate surface area is 183 Å². The highest BCUT2D eigenvalue weighted by atomic mass is 32.2. The van der Waals surface area contributed by atoms with Crippen LogP contribution in [0.5, 0.6) is 0 Å². The number of nitro benzene ring substituents is 1. The first-order valence-electron chi connectivity index (χ1n) is 9.99. The smallest absolute Gasteiger partial charge is 0.271 e. The van der Waals surface area contributed by atoms with Crippen molar-refractivity contribution in [3.05, 3.63) is 68.8 Å². The highest BCUT2D eigenvalue weighted by molar-refractivity contribution is 7.92. The summed E-state index contributed by atoms with van der Waals surface area (Å²) in [7, 11) is -3.68. The molecule has 2 aromatic rings. The summed E-state index contributed by atoms with van der Waals surface area (Å²) in [5, 5.41) is 14.0. The number of non-ortho nitro benzene ring substituents is 1. The number of hydrogen-bond acceptors (Lipinski definition) is 5. The van der Waals surface area contributed by atoms with Crippen LogP contribution in [0, 0.1) is 30.9 Å². The van der Waals surface area contributed by atoms with Gasteiger partial charge in [0.2, 0.25) is 15.9 Å². The standard InChI is InChI=1S/C22H29N3O5S/c1-15-8-11-20(17(3)13-15)18(4)23-22(26)7-6-12-24(31(5,29)30)21-14-19(25(27)28)10-9-16(21)2/h8-11,13-14,18H,6-7,12H2,1-5H3,(H,23,26)/t18-/m0/s1. The number of rotatable bonds is 9. The van der Waals surface area contributed by atoms with Crippen molar-refractivity contribution in [1.82, 2.24) is 5.32 Å². The molecule has 168 valence electrons. The van der Waals surface area contributed by atoms with Gasteiger partial charge < -0.3 is 5.32 Å². The first-order valence-corrected chi connectivity index (χ1v) is 11.8. The van der Waals surface area contributed by atoms with E-state index in [1.54, 1.807) is 6.92 Å². The Bertz CT molecular complexity index is 1080. The highest BCUT2D eigenvalue weighted by Gasteiger charge is 2.22. The molecule has 0 fully saturated rings. The van der Waals surface area contributed by atoms with Gasteiger partial charge in [0.1, 0.15) is 0 Å². The number of hydrogen-bond donors (Lipinski definition) is 1. The van der Waals surface area contributed by atoms with Crippen LogP contribution < -0.4 is 9.62 Å². The third kappa shape index (κ3) is 6.52. The number of carbonyl (C=O) groups is 1. The van der Waals surface area contributed by atoms with Crippen LogP contribution in [0.15, 0.2) is 36.4 Å². The Morgan fingerprint density at radius 3 is 2.39 bits per heavy atom. The Morgan fingerprint density at radius 1 is 1.13 bits per heavy atom. The molecule has 0 radical (unpaired) electrons. The summed E-state index contributed by atoms with van der Waals surface area (Å²) >= 11 is 0. The van der Waals surface area contributed by atoms with Crippen molar-refractivity contribution in [1.29, 1.82) is 0 Å². The van der Waals surface area contributed by atoms with E-state index < -0.39 is 14.9 Å². The fourth-order valence-electron chi connectivity index (χ4n) is 3.53. The number of amides is 1. The van der Waals surface area contributed by atoms with Crippen LogP contribution in [0.25, 0.3) is 0 Å². The van der Waals surface area contributed by atoms with Gasteiger partial charge in [0, 0.05) is 25.1 Å². The summed E-state index contributed by atoms with van der Waals surface area (Å²) in [4.78, 5) is 22.9. The summed E-state index contributed by atoms with van der Waals surface area (Å²) in [5.41, 5.74) is 3.94. The molecule has 0 heterocycles. The molecule has 2 aromatic carbocycles. The van der Waals surface area contributed by atoms with Gasteiger partial charge in [0.15, 0.2) is 0 Å². The predicted molar refractivity (Wildman–Crippen MR) is 122 cm³/mol. The van der Waals surface area contributed by atoms with Crippen LogP contribution >= 0.6 is 0 Å². The first-order chi connectivity index (χ1) is 14.4. The molecule has 1 amide bonds. The molecule has 0 aliphatic carbocycles. The van der Waals surface area contributed by atoms with E-state index in [-0.39, 0.29) is 42.7 Å². The second-order valence-electron chi connectivity index (χ2n) is 7.82. The minimum Gasteiger partial charge on any atom is -0.350 e. The molecule has 0 spiro atoms. The molecule has 0 aromatic heterocycles. The normalized spacial score (nSPS) is 12.3. The van der Waals surface area contributed by atoms with Crippen LogP contribution in [0.3, 0.4) is 0 Å². The molecule has 0 saturated heterocycles. The van der Waals surface area contributed by atoms with Crippen molar-refractivity contribution < 1.29 is 18.1 Å². The summed E-state index contributed by atoms with van der Waals surface area (Å²) in [6, 6.07) is 9.98. The molecule has 2 rings (SSSR count). The lowest BCUT2D eigenvalue weighted by Crippen LogP contribution is -2.33. The number of nitrogens with one attached hydrogen (secondary N) is 1. The van der Waals surface area contributed by atoms with Gasteiger partial charge >= 0.3 is 0 Å². The fraction of sp³-hybridized carbons (Fsp3) is 0.409. The minimum atomic E-state index is -3.68. The van der Waals surface area contributed by atoms with Gasteiger partial charge in [-0.15, -0.1) is 0 Å². The Hall–Kier alpha value is -2.94. The zero-order valence-electron chi connectivity index (χ0n) is 18.5. The summed E-state index contributed by atoms with van der Waals surface area (Å²) < 4.78 is 25.8. The molecular weight excluding hydrogens is 418 g/mol. The SMILES string of the molecule is Cc1ccc([C@H](C)NC(=O)CCCN(c2cc([N+](=O)[O-])ccc2C)S(C)(=O)=O)c(C)c1. The fourth-order valence-corrected chi connectivity index (χ4v) is 4.55. The zero-order chi connectivity index (χ0) is 23.3. The van der Waals surface area contributed by atoms with Crippen molar-refractivity contribution in [2.45, 2.75) is 46.6 Å². The third-order valence-corrected chi connectivity index (χ3v) is 6.29. The topological polar surface area (TPSA) is 110 Å². The molecule has 8 nitrogen and oxygen atoms in total. The van der Waals surface area contributed by atoms with Gasteiger partial charge in [0.25, 0.3) is 5.69 Å². The maximum atomic E-state index is 12.4. The first kappa shape index (κ1) is 24.3. The number of aryl methyl sites for hydroxylation is 3. The van der Waals surface area contributed by atoms with Crippen LogP contribution in [-0.2, 0) is 14.8 Å². The molecule has 31 heavy (non-hydrogen) atoms.